The lowest BCUT2D eigenvalue weighted by molar-refractivity contribution is -0.143. The molecule has 3 N–H and O–H groups in total. The minimum atomic E-state index is -1.15. The predicted octanol–water partition coefficient (Wildman–Crippen LogP) is 1.26. The van der Waals surface area contributed by atoms with Gasteiger partial charge in [0.2, 0.25) is 0 Å². The van der Waals surface area contributed by atoms with Crippen molar-refractivity contribution < 1.29 is 19.5 Å². The third-order valence-corrected chi connectivity index (χ3v) is 3.37. The van der Waals surface area contributed by atoms with E-state index >= 15 is 0 Å². The smallest absolute Gasteiger partial charge is 0.326 e. The van der Waals surface area contributed by atoms with Crippen LogP contribution < -0.4 is 10.6 Å². The summed E-state index contributed by atoms with van der Waals surface area (Å²) in [4.78, 5) is 34.4. The van der Waals surface area contributed by atoms with Gasteiger partial charge < -0.3 is 15.7 Å². The maximum atomic E-state index is 11.7. The van der Waals surface area contributed by atoms with Crippen LogP contribution in [0, 0.1) is 6.92 Å². The molecule has 0 heterocycles. The molecule has 0 radical (unpaired) electrons. The number of aryl methyl sites for hydroxylation is 1. The van der Waals surface area contributed by atoms with Crippen molar-refractivity contribution in [3.63, 3.8) is 0 Å². The fraction of sp³-hybridized carbons (Fsp3) is 0.357. The van der Waals surface area contributed by atoms with E-state index in [1.807, 2.05) is 13.2 Å². The average molecular weight is 310 g/mol. The van der Waals surface area contributed by atoms with E-state index in [2.05, 4.69) is 10.6 Å². The monoisotopic (exact) mass is 310 g/mol. The maximum Gasteiger partial charge on any atom is 0.326 e. The summed E-state index contributed by atoms with van der Waals surface area (Å²) in [6, 6.07) is 5.87. The molecule has 6 nitrogen and oxygen atoms in total. The molecule has 114 valence electrons. The molecule has 21 heavy (non-hydrogen) atoms. The number of amides is 2. The van der Waals surface area contributed by atoms with Crippen molar-refractivity contribution in [2.75, 3.05) is 17.3 Å². The van der Waals surface area contributed by atoms with Crippen molar-refractivity contribution in [2.45, 2.75) is 19.4 Å². The fourth-order valence-electron chi connectivity index (χ4n) is 1.54. The standard InChI is InChI=1S/C14H18N2O4S/c1-9-3-5-10(6-4-9)15-12(17)13(18)16-11(14(19)20)7-8-21-2/h3-6,11H,7-8H2,1-2H3,(H,15,17)(H,16,18)(H,19,20). The van der Waals surface area contributed by atoms with E-state index in [1.54, 1.807) is 24.3 Å². The number of thioether (sulfide) groups is 1. The zero-order valence-corrected chi connectivity index (χ0v) is 12.7. The molecular formula is C14H18N2O4S. The van der Waals surface area contributed by atoms with Crippen molar-refractivity contribution in [3.8, 4) is 0 Å². The van der Waals surface area contributed by atoms with Crippen LogP contribution in [0.15, 0.2) is 24.3 Å². The van der Waals surface area contributed by atoms with E-state index in [0.717, 1.165) is 5.56 Å². The summed E-state index contributed by atoms with van der Waals surface area (Å²) >= 11 is 1.47. The number of aliphatic carboxylic acids is 1. The van der Waals surface area contributed by atoms with Gasteiger partial charge in [0.05, 0.1) is 0 Å². The van der Waals surface area contributed by atoms with Gasteiger partial charge in [-0.15, -0.1) is 0 Å². The Morgan fingerprint density at radius 2 is 1.81 bits per heavy atom. The average Bonchev–Trinajstić information content (AvgIpc) is 2.45. The van der Waals surface area contributed by atoms with E-state index in [9.17, 15) is 14.4 Å². The topological polar surface area (TPSA) is 95.5 Å². The van der Waals surface area contributed by atoms with Crippen molar-refractivity contribution in [1.29, 1.82) is 0 Å². The van der Waals surface area contributed by atoms with Crippen LogP contribution in [0.1, 0.15) is 12.0 Å². The third kappa shape index (κ3) is 5.86. The summed E-state index contributed by atoms with van der Waals surface area (Å²) in [5, 5.41) is 13.6. The molecular weight excluding hydrogens is 292 g/mol. The number of nitrogens with one attached hydrogen (secondary N) is 2. The number of carboxylic acid groups (broad SMARTS) is 1. The van der Waals surface area contributed by atoms with Crippen LogP contribution in [0.4, 0.5) is 5.69 Å². The zero-order chi connectivity index (χ0) is 15.8. The lowest BCUT2D eigenvalue weighted by atomic mass is 10.2. The van der Waals surface area contributed by atoms with E-state index < -0.39 is 23.8 Å². The molecule has 0 spiro atoms. The highest BCUT2D eigenvalue weighted by molar-refractivity contribution is 7.98. The molecule has 0 saturated carbocycles. The fourth-order valence-corrected chi connectivity index (χ4v) is 2.01. The summed E-state index contributed by atoms with van der Waals surface area (Å²) in [6.07, 6.45) is 2.10. The first-order valence-corrected chi connectivity index (χ1v) is 7.73. The van der Waals surface area contributed by atoms with E-state index in [4.69, 9.17) is 5.11 Å². The lowest BCUT2D eigenvalue weighted by Gasteiger charge is -2.13. The zero-order valence-electron chi connectivity index (χ0n) is 11.9. The molecule has 0 aliphatic rings. The van der Waals surface area contributed by atoms with Gasteiger partial charge in [-0.25, -0.2) is 4.79 Å². The van der Waals surface area contributed by atoms with E-state index in [1.165, 1.54) is 11.8 Å². The highest BCUT2D eigenvalue weighted by Crippen LogP contribution is 2.08. The number of carbonyl (C=O) groups excluding carboxylic acids is 2. The van der Waals surface area contributed by atoms with Crippen molar-refractivity contribution in [2.24, 2.45) is 0 Å². The molecule has 1 aromatic rings. The Morgan fingerprint density at radius 3 is 2.33 bits per heavy atom. The SMILES string of the molecule is CSCCC(NC(=O)C(=O)Nc1ccc(C)cc1)C(=O)O. The summed E-state index contributed by atoms with van der Waals surface area (Å²) in [5.74, 6) is -2.41. The number of hydrogen-bond acceptors (Lipinski definition) is 4. The second kappa shape index (κ2) is 8.31. The molecule has 1 rings (SSSR count). The Hall–Kier alpha value is -2.02. The van der Waals surface area contributed by atoms with Crippen LogP contribution in [-0.4, -0.2) is 40.9 Å². The Morgan fingerprint density at radius 1 is 1.19 bits per heavy atom. The first-order valence-electron chi connectivity index (χ1n) is 6.34. The predicted molar refractivity (Wildman–Crippen MR) is 82.4 cm³/mol. The van der Waals surface area contributed by atoms with Crippen LogP contribution in [0.3, 0.4) is 0 Å². The highest BCUT2D eigenvalue weighted by atomic mass is 32.2. The quantitative estimate of drug-likeness (QED) is 0.687. The van der Waals surface area contributed by atoms with Crippen molar-refractivity contribution in [1.82, 2.24) is 5.32 Å². The van der Waals surface area contributed by atoms with Gasteiger partial charge in [-0.3, -0.25) is 9.59 Å². The van der Waals surface area contributed by atoms with Gasteiger partial charge in [0.1, 0.15) is 6.04 Å². The minimum Gasteiger partial charge on any atom is -0.480 e. The molecule has 1 atom stereocenters. The second-order valence-electron chi connectivity index (χ2n) is 4.47. The normalized spacial score (nSPS) is 11.5. The van der Waals surface area contributed by atoms with Crippen LogP contribution in [-0.2, 0) is 14.4 Å². The Labute approximate surface area is 127 Å². The van der Waals surface area contributed by atoms with Crippen LogP contribution >= 0.6 is 11.8 Å². The first-order chi connectivity index (χ1) is 9.93. The van der Waals surface area contributed by atoms with Crippen LogP contribution in [0.5, 0.6) is 0 Å². The molecule has 0 fully saturated rings. The molecule has 1 unspecified atom stereocenters. The van der Waals surface area contributed by atoms with Gasteiger partial charge in [-0.1, -0.05) is 17.7 Å². The molecule has 1 aromatic carbocycles. The lowest BCUT2D eigenvalue weighted by Crippen LogP contribution is -2.46. The van der Waals surface area contributed by atoms with Gasteiger partial charge in [0.15, 0.2) is 0 Å². The largest absolute Gasteiger partial charge is 0.480 e. The van der Waals surface area contributed by atoms with Crippen molar-refractivity contribution in [3.05, 3.63) is 29.8 Å². The number of carboxylic acids is 1. The van der Waals surface area contributed by atoms with E-state index in [-0.39, 0.29) is 6.42 Å². The number of benzene rings is 1. The number of carbonyl (C=O) groups is 3. The third-order valence-electron chi connectivity index (χ3n) is 2.73. The van der Waals surface area contributed by atoms with Crippen molar-refractivity contribution >= 4 is 35.2 Å². The molecule has 0 bridgehead atoms. The molecule has 2 amide bonds. The van der Waals surface area contributed by atoms with Gasteiger partial charge in [0, 0.05) is 5.69 Å². The van der Waals surface area contributed by atoms with Gasteiger partial charge in [0.25, 0.3) is 0 Å². The number of rotatable bonds is 6. The summed E-state index contributed by atoms with van der Waals surface area (Å²) in [5.41, 5.74) is 1.51. The number of anilines is 1. The highest BCUT2D eigenvalue weighted by Gasteiger charge is 2.23. The Bertz CT molecular complexity index is 516. The Kier molecular flexibility index (Phi) is 6.74. The number of hydrogen-bond donors (Lipinski definition) is 3. The summed E-state index contributed by atoms with van der Waals surface area (Å²) in [7, 11) is 0. The maximum absolute atomic E-state index is 11.7. The van der Waals surface area contributed by atoms with Gasteiger partial charge >= 0.3 is 17.8 Å². The van der Waals surface area contributed by atoms with E-state index in [0.29, 0.717) is 11.4 Å². The molecule has 7 heteroatoms. The molecule has 0 saturated heterocycles. The van der Waals surface area contributed by atoms with Gasteiger partial charge in [-0.2, -0.15) is 11.8 Å². The molecule has 0 aliphatic heterocycles. The Balaban J connectivity index is 2.58. The second-order valence-corrected chi connectivity index (χ2v) is 5.45. The minimum absolute atomic E-state index is 0.264. The molecule has 0 aliphatic carbocycles. The molecule has 0 aromatic heterocycles. The summed E-state index contributed by atoms with van der Waals surface area (Å²) in [6.45, 7) is 1.90. The first kappa shape index (κ1) is 17.0. The van der Waals surface area contributed by atoms with Crippen LogP contribution in [0.2, 0.25) is 0 Å². The van der Waals surface area contributed by atoms with Crippen LogP contribution in [0.25, 0.3) is 0 Å². The van der Waals surface area contributed by atoms with Gasteiger partial charge in [-0.05, 0) is 37.5 Å². The summed E-state index contributed by atoms with van der Waals surface area (Å²) < 4.78 is 0.